The van der Waals surface area contributed by atoms with Crippen LogP contribution in [0.25, 0.3) is 22.3 Å². The van der Waals surface area contributed by atoms with Crippen molar-refractivity contribution in [2.24, 2.45) is 17.8 Å². The number of ether oxygens (including phenoxy) is 1. The molecule has 4 saturated carbocycles. The number of halogens is 6. The molecule has 4 atom stereocenters. The van der Waals surface area contributed by atoms with Crippen LogP contribution < -0.4 is 10.1 Å². The van der Waals surface area contributed by atoms with Crippen LogP contribution in [-0.2, 0) is 10.7 Å². The molecule has 2 N–H and O–H groups in total. The van der Waals surface area contributed by atoms with Crippen molar-refractivity contribution >= 4 is 22.8 Å². The van der Waals surface area contributed by atoms with E-state index in [2.05, 4.69) is 15.3 Å². The molecule has 9 nitrogen and oxygen atoms in total. The predicted molar refractivity (Wildman–Crippen MR) is 191 cm³/mol. The van der Waals surface area contributed by atoms with Gasteiger partial charge in [-0.3, -0.25) is 9.69 Å². The van der Waals surface area contributed by atoms with E-state index in [-0.39, 0.29) is 87.0 Å². The Hall–Kier alpha value is -3.88. The number of rotatable bonds is 9. The zero-order chi connectivity index (χ0) is 39.1. The maximum absolute atomic E-state index is 15.4. The quantitative estimate of drug-likeness (QED) is 0.210. The molecule has 3 aromatic rings. The number of carboxylic acid groups (broad SMARTS) is 1. The summed E-state index contributed by atoms with van der Waals surface area (Å²) in [6.07, 6.45) is 7.45. The van der Waals surface area contributed by atoms with Gasteiger partial charge in [0, 0.05) is 61.3 Å². The molecule has 2 bridgehead atoms. The first-order chi connectivity index (χ1) is 25.9. The first kappa shape index (κ1) is 38.0. The number of carbonyl (C=O) groups excluding carboxylic acids is 1. The number of aromatic nitrogens is 3. The van der Waals surface area contributed by atoms with Crippen LogP contribution in [0.15, 0.2) is 30.6 Å². The SMILES string of the molecule is CC1CC2CC(C1)C(NC(=O)c1cnc(-c3cn(C4CCC(F)(F)CC4)c4cc(O[C@H]5CC[C@H](N6CC(F)(F)C6)CC5)ccc34)nc1C(C)(F)F)(C(=O)O)C2. The average Bonchev–Trinajstić information content (AvgIpc) is 3.61. The van der Waals surface area contributed by atoms with Crippen molar-refractivity contribution in [3.05, 3.63) is 41.9 Å². The first-order valence-electron chi connectivity index (χ1n) is 19.5. The smallest absolute Gasteiger partial charge is 0.329 e. The van der Waals surface area contributed by atoms with Gasteiger partial charge in [0.2, 0.25) is 5.92 Å². The fourth-order valence-electron chi connectivity index (χ4n) is 10.3. The van der Waals surface area contributed by atoms with Gasteiger partial charge in [-0.2, -0.15) is 8.78 Å². The molecule has 1 aromatic carbocycles. The van der Waals surface area contributed by atoms with Crippen LogP contribution in [0.1, 0.15) is 113 Å². The highest BCUT2D eigenvalue weighted by Gasteiger charge is 2.56. The summed E-state index contributed by atoms with van der Waals surface area (Å²) in [5.41, 5.74) is -1.96. The number of fused-ring (bicyclic) bond motifs is 3. The molecular formula is C40H47F6N5O4. The molecule has 8 rings (SSSR count). The van der Waals surface area contributed by atoms with Crippen molar-refractivity contribution < 1.29 is 45.8 Å². The van der Waals surface area contributed by atoms with Crippen LogP contribution in [0.2, 0.25) is 0 Å². The van der Waals surface area contributed by atoms with Crippen molar-refractivity contribution in [2.45, 2.75) is 132 Å². The third-order valence-corrected chi connectivity index (χ3v) is 13.0. The van der Waals surface area contributed by atoms with Crippen LogP contribution in [0, 0.1) is 17.8 Å². The predicted octanol–water partition coefficient (Wildman–Crippen LogP) is 8.61. The Morgan fingerprint density at radius 3 is 2.33 bits per heavy atom. The zero-order valence-corrected chi connectivity index (χ0v) is 31.0. The Balaban J connectivity index is 1.09. The lowest BCUT2D eigenvalue weighted by molar-refractivity contribution is -0.151. The van der Waals surface area contributed by atoms with Crippen LogP contribution in [0.3, 0.4) is 0 Å². The topological polar surface area (TPSA) is 110 Å². The van der Waals surface area contributed by atoms with Gasteiger partial charge in [-0.1, -0.05) is 6.92 Å². The molecule has 1 amide bonds. The molecule has 5 aliphatic rings. The number of aliphatic carboxylic acids is 1. The van der Waals surface area contributed by atoms with Crippen molar-refractivity contribution in [1.29, 1.82) is 0 Å². The Bertz CT molecular complexity index is 1960. The van der Waals surface area contributed by atoms with Gasteiger partial charge in [0.25, 0.3) is 17.8 Å². The van der Waals surface area contributed by atoms with Gasteiger partial charge in [0.05, 0.1) is 30.3 Å². The van der Waals surface area contributed by atoms with Crippen molar-refractivity contribution in [2.75, 3.05) is 13.1 Å². The maximum Gasteiger partial charge on any atom is 0.329 e. The number of carboxylic acids is 1. The van der Waals surface area contributed by atoms with E-state index < -0.39 is 46.4 Å². The molecule has 298 valence electrons. The number of nitrogens with zero attached hydrogens (tertiary/aromatic N) is 4. The van der Waals surface area contributed by atoms with Crippen LogP contribution in [0.5, 0.6) is 5.75 Å². The number of likely N-dealkylation sites (tertiary alicyclic amines) is 1. The molecule has 5 fully saturated rings. The third kappa shape index (κ3) is 7.30. The van der Waals surface area contributed by atoms with E-state index in [1.165, 1.54) is 0 Å². The number of nitrogens with one attached hydrogen (secondary N) is 1. The van der Waals surface area contributed by atoms with E-state index in [1.54, 1.807) is 24.4 Å². The van der Waals surface area contributed by atoms with E-state index >= 15 is 8.78 Å². The standard InChI is InChI=1S/C40H47F6N5O4/c1-22-13-23-15-24(14-22)40(17-23,36(53)54)49-35(52)30-18-47-34(48-33(30)37(2,41)42)31-19-51(26-9-11-38(43,44)12-10-26)32-16-28(7-8-29(31)32)55-27-5-3-25(4-6-27)50-20-39(45,46)21-50/h7-8,16,18-19,22-27H,3-6,9-15,17,20-21H2,1-2H3,(H,49,52)(H,53,54)/t22?,23?,24?,25-,27-,40?. The van der Waals surface area contributed by atoms with Gasteiger partial charge in [-0.25, -0.2) is 32.3 Å². The van der Waals surface area contributed by atoms with Gasteiger partial charge in [0.15, 0.2) is 5.82 Å². The second kappa shape index (κ2) is 13.7. The summed E-state index contributed by atoms with van der Waals surface area (Å²) >= 11 is 0. The van der Waals surface area contributed by atoms with Crippen LogP contribution in [-0.4, -0.2) is 79.0 Å². The zero-order valence-electron chi connectivity index (χ0n) is 31.0. The number of alkyl halides is 6. The molecule has 0 spiro atoms. The summed E-state index contributed by atoms with van der Waals surface area (Å²) in [7, 11) is 0. The minimum atomic E-state index is -3.61. The van der Waals surface area contributed by atoms with Crippen molar-refractivity contribution in [3.63, 3.8) is 0 Å². The molecule has 2 aromatic heterocycles. The second-order valence-electron chi connectivity index (χ2n) is 17.2. The highest BCUT2D eigenvalue weighted by atomic mass is 19.3. The number of carbonyl (C=O) groups is 2. The fourth-order valence-corrected chi connectivity index (χ4v) is 10.3. The highest BCUT2D eigenvalue weighted by Crippen LogP contribution is 2.51. The van der Waals surface area contributed by atoms with Crippen LogP contribution >= 0.6 is 0 Å². The van der Waals surface area contributed by atoms with E-state index in [0.717, 1.165) is 25.5 Å². The lowest BCUT2D eigenvalue weighted by atomic mass is 9.78. The van der Waals surface area contributed by atoms with Gasteiger partial charge in [0.1, 0.15) is 17.0 Å². The summed E-state index contributed by atoms with van der Waals surface area (Å²) in [6, 6.07) is 5.07. The van der Waals surface area contributed by atoms with Gasteiger partial charge >= 0.3 is 5.97 Å². The van der Waals surface area contributed by atoms with Crippen LogP contribution in [0.4, 0.5) is 26.3 Å². The minimum absolute atomic E-state index is 0.0912. The highest BCUT2D eigenvalue weighted by molar-refractivity contribution is 6.00. The summed E-state index contributed by atoms with van der Waals surface area (Å²) in [5, 5.41) is 13.6. The largest absolute Gasteiger partial charge is 0.490 e. The molecule has 15 heteroatoms. The van der Waals surface area contributed by atoms with E-state index in [0.29, 0.717) is 54.8 Å². The second-order valence-corrected chi connectivity index (χ2v) is 17.2. The summed E-state index contributed by atoms with van der Waals surface area (Å²) in [5.74, 6) is -10.7. The maximum atomic E-state index is 15.4. The van der Waals surface area contributed by atoms with Crippen molar-refractivity contribution in [3.8, 4) is 17.1 Å². The summed E-state index contributed by atoms with van der Waals surface area (Å²) < 4.78 is 94.4. The molecule has 4 unspecified atom stereocenters. The molecule has 1 saturated heterocycles. The Morgan fingerprint density at radius 2 is 1.67 bits per heavy atom. The van der Waals surface area contributed by atoms with Gasteiger partial charge < -0.3 is 19.7 Å². The minimum Gasteiger partial charge on any atom is -0.490 e. The van der Waals surface area contributed by atoms with Crippen molar-refractivity contribution in [1.82, 2.24) is 24.8 Å². The average molecular weight is 776 g/mol. The molecule has 55 heavy (non-hydrogen) atoms. The Labute approximate surface area is 315 Å². The third-order valence-electron chi connectivity index (χ3n) is 13.0. The normalized spacial score (nSPS) is 30.9. The first-order valence-corrected chi connectivity index (χ1v) is 19.5. The van der Waals surface area contributed by atoms with Gasteiger partial charge in [-0.05, 0) is 94.1 Å². The number of benzene rings is 1. The Kier molecular flexibility index (Phi) is 9.44. The Morgan fingerprint density at radius 1 is 0.964 bits per heavy atom. The number of hydrogen-bond acceptors (Lipinski definition) is 6. The molecule has 0 radical (unpaired) electrons. The van der Waals surface area contributed by atoms with E-state index in [1.807, 2.05) is 16.4 Å². The summed E-state index contributed by atoms with van der Waals surface area (Å²) in [6.45, 7) is 2.24. The molecular weight excluding hydrogens is 728 g/mol. The fraction of sp³-hybridized carbons (Fsp3) is 0.650. The van der Waals surface area contributed by atoms with E-state index in [4.69, 9.17) is 4.74 Å². The number of hydrogen-bond donors (Lipinski definition) is 2. The van der Waals surface area contributed by atoms with Gasteiger partial charge in [-0.15, -0.1) is 0 Å². The molecule has 3 heterocycles. The molecule has 4 aliphatic carbocycles. The lowest BCUT2D eigenvalue weighted by Gasteiger charge is -2.46. The molecule has 1 aliphatic heterocycles. The lowest BCUT2D eigenvalue weighted by Crippen LogP contribution is -2.60. The summed E-state index contributed by atoms with van der Waals surface area (Å²) in [4.78, 5) is 36.9. The van der Waals surface area contributed by atoms with E-state index in [9.17, 15) is 32.3 Å². The number of amides is 1. The monoisotopic (exact) mass is 775 g/mol.